The van der Waals surface area contributed by atoms with Gasteiger partial charge < -0.3 is 5.32 Å². The molecule has 4 rings (SSSR count). The van der Waals surface area contributed by atoms with E-state index in [2.05, 4.69) is 5.32 Å². The van der Waals surface area contributed by atoms with Gasteiger partial charge >= 0.3 is 0 Å². The third kappa shape index (κ3) is 3.10. The average molecular weight is 396 g/mol. The monoisotopic (exact) mass is 396 g/mol. The molecule has 0 atom stereocenters. The number of imide groups is 1. The van der Waals surface area contributed by atoms with Crippen molar-refractivity contribution in [1.82, 2.24) is 0 Å². The maximum atomic E-state index is 13.6. The number of benzene rings is 2. The van der Waals surface area contributed by atoms with Crippen LogP contribution in [0.3, 0.4) is 0 Å². The molecular formula is C21H14F2N2O2S. The number of thiophene rings is 1. The Morgan fingerprint density at radius 1 is 0.929 bits per heavy atom. The number of amides is 2. The van der Waals surface area contributed by atoms with E-state index in [4.69, 9.17) is 0 Å². The van der Waals surface area contributed by atoms with Crippen molar-refractivity contribution in [3.63, 3.8) is 0 Å². The van der Waals surface area contributed by atoms with Gasteiger partial charge in [-0.25, -0.2) is 13.7 Å². The van der Waals surface area contributed by atoms with E-state index < -0.39 is 23.4 Å². The summed E-state index contributed by atoms with van der Waals surface area (Å²) in [5.41, 5.74) is 1.84. The lowest BCUT2D eigenvalue weighted by Gasteiger charge is -2.15. The molecule has 0 spiro atoms. The van der Waals surface area contributed by atoms with Crippen LogP contribution in [0.5, 0.6) is 0 Å². The first-order valence-electron chi connectivity index (χ1n) is 8.41. The highest BCUT2D eigenvalue weighted by atomic mass is 32.1. The zero-order chi connectivity index (χ0) is 19.8. The number of aryl methyl sites for hydroxylation is 1. The SMILES string of the molecule is Cc1ccc(N2C(=O)C(Nc3ccc(F)c(F)c3)=C(c3cccs3)C2=O)cc1. The van der Waals surface area contributed by atoms with Gasteiger partial charge in [-0.2, -0.15) is 0 Å². The van der Waals surface area contributed by atoms with Crippen molar-refractivity contribution in [3.05, 3.63) is 87.7 Å². The summed E-state index contributed by atoms with van der Waals surface area (Å²) in [6.07, 6.45) is 0. The Bertz CT molecular complexity index is 1110. The summed E-state index contributed by atoms with van der Waals surface area (Å²) in [6.45, 7) is 1.91. The van der Waals surface area contributed by atoms with Gasteiger partial charge in [-0.1, -0.05) is 23.8 Å². The van der Waals surface area contributed by atoms with Gasteiger partial charge in [0.2, 0.25) is 0 Å². The van der Waals surface area contributed by atoms with Gasteiger partial charge in [-0.3, -0.25) is 9.59 Å². The molecule has 1 N–H and O–H groups in total. The highest BCUT2D eigenvalue weighted by molar-refractivity contribution is 7.11. The van der Waals surface area contributed by atoms with Crippen LogP contribution in [0.15, 0.2) is 65.7 Å². The van der Waals surface area contributed by atoms with Gasteiger partial charge in [0.25, 0.3) is 11.8 Å². The molecule has 0 aliphatic carbocycles. The molecule has 0 unspecified atom stereocenters. The van der Waals surface area contributed by atoms with Crippen molar-refractivity contribution in [3.8, 4) is 0 Å². The number of hydrogen-bond acceptors (Lipinski definition) is 4. The predicted octanol–water partition coefficient (Wildman–Crippen LogP) is 4.73. The van der Waals surface area contributed by atoms with E-state index in [0.29, 0.717) is 10.6 Å². The standard InChI is InChI=1S/C21H14F2N2O2S/c1-12-4-7-14(8-5-12)25-20(26)18(17-3-2-10-28-17)19(21(25)27)24-13-6-9-15(22)16(23)11-13/h2-11,24H,1H3. The zero-order valence-corrected chi connectivity index (χ0v) is 15.5. The second kappa shape index (κ2) is 7.01. The first-order chi connectivity index (χ1) is 13.5. The Labute approximate surface area is 163 Å². The van der Waals surface area contributed by atoms with E-state index in [1.165, 1.54) is 17.4 Å². The van der Waals surface area contributed by atoms with Gasteiger partial charge in [0.15, 0.2) is 11.6 Å². The van der Waals surface area contributed by atoms with Crippen molar-refractivity contribution >= 4 is 40.1 Å². The molecule has 0 radical (unpaired) electrons. The molecule has 28 heavy (non-hydrogen) atoms. The number of anilines is 2. The highest BCUT2D eigenvalue weighted by Crippen LogP contribution is 2.35. The largest absolute Gasteiger partial charge is 0.350 e. The van der Waals surface area contributed by atoms with Crippen LogP contribution in [-0.4, -0.2) is 11.8 Å². The minimum Gasteiger partial charge on any atom is -0.350 e. The molecule has 140 valence electrons. The summed E-state index contributed by atoms with van der Waals surface area (Å²) >= 11 is 1.31. The second-order valence-electron chi connectivity index (χ2n) is 6.26. The van der Waals surface area contributed by atoms with Crippen molar-refractivity contribution in [2.75, 3.05) is 10.2 Å². The second-order valence-corrected chi connectivity index (χ2v) is 7.21. The van der Waals surface area contributed by atoms with Gasteiger partial charge in [0.1, 0.15) is 5.70 Å². The molecule has 4 nitrogen and oxygen atoms in total. The predicted molar refractivity (Wildman–Crippen MR) is 105 cm³/mol. The Balaban J connectivity index is 1.79. The molecule has 2 amide bonds. The van der Waals surface area contributed by atoms with Gasteiger partial charge in [-0.05, 0) is 42.6 Å². The van der Waals surface area contributed by atoms with Gasteiger partial charge in [0.05, 0.1) is 11.3 Å². The number of halogens is 2. The molecule has 7 heteroatoms. The van der Waals surface area contributed by atoms with Crippen molar-refractivity contribution in [2.24, 2.45) is 0 Å². The molecule has 0 saturated heterocycles. The van der Waals surface area contributed by atoms with Crippen LogP contribution in [0, 0.1) is 18.6 Å². The molecule has 2 heterocycles. The number of nitrogens with zero attached hydrogens (tertiary/aromatic N) is 1. The fourth-order valence-electron chi connectivity index (χ4n) is 2.94. The average Bonchev–Trinajstić information content (AvgIpc) is 3.27. The van der Waals surface area contributed by atoms with E-state index in [-0.39, 0.29) is 17.0 Å². The highest BCUT2D eigenvalue weighted by Gasteiger charge is 2.40. The Morgan fingerprint density at radius 2 is 1.68 bits per heavy atom. The molecular weight excluding hydrogens is 382 g/mol. The molecule has 2 aromatic carbocycles. The fourth-order valence-corrected chi connectivity index (χ4v) is 3.71. The molecule has 1 aliphatic rings. The van der Waals surface area contributed by atoms with E-state index in [9.17, 15) is 18.4 Å². The van der Waals surface area contributed by atoms with Crippen molar-refractivity contribution in [1.29, 1.82) is 0 Å². The summed E-state index contributed by atoms with van der Waals surface area (Å²) in [5.74, 6) is -3.06. The topological polar surface area (TPSA) is 49.4 Å². The van der Waals surface area contributed by atoms with E-state index in [1.807, 2.05) is 19.1 Å². The van der Waals surface area contributed by atoms with Crippen molar-refractivity contribution < 1.29 is 18.4 Å². The quantitative estimate of drug-likeness (QED) is 0.649. The van der Waals surface area contributed by atoms with Crippen LogP contribution >= 0.6 is 11.3 Å². The Kier molecular flexibility index (Phi) is 4.52. The summed E-state index contributed by atoms with van der Waals surface area (Å²) in [5, 5.41) is 4.60. The van der Waals surface area contributed by atoms with Gasteiger partial charge in [-0.15, -0.1) is 11.3 Å². The fraction of sp³-hybridized carbons (Fsp3) is 0.0476. The first-order valence-corrected chi connectivity index (χ1v) is 9.29. The lowest BCUT2D eigenvalue weighted by atomic mass is 10.1. The number of hydrogen-bond donors (Lipinski definition) is 1. The van der Waals surface area contributed by atoms with Crippen LogP contribution < -0.4 is 10.2 Å². The normalized spacial score (nSPS) is 14.2. The third-order valence-electron chi connectivity index (χ3n) is 4.33. The third-order valence-corrected chi connectivity index (χ3v) is 5.22. The maximum Gasteiger partial charge on any atom is 0.282 e. The number of carbonyl (C=O) groups is 2. The lowest BCUT2D eigenvalue weighted by Crippen LogP contribution is -2.32. The van der Waals surface area contributed by atoms with Crippen molar-refractivity contribution in [2.45, 2.75) is 6.92 Å². The van der Waals surface area contributed by atoms with Crippen LogP contribution in [0.25, 0.3) is 5.57 Å². The minimum absolute atomic E-state index is 0.0269. The van der Waals surface area contributed by atoms with Gasteiger partial charge in [0, 0.05) is 16.6 Å². The molecule has 0 fully saturated rings. The molecule has 0 bridgehead atoms. The smallest absolute Gasteiger partial charge is 0.282 e. The number of nitrogens with one attached hydrogen (secondary N) is 1. The molecule has 1 aliphatic heterocycles. The minimum atomic E-state index is -1.05. The zero-order valence-electron chi connectivity index (χ0n) is 14.7. The molecule has 0 saturated carbocycles. The van der Waals surface area contributed by atoms with E-state index >= 15 is 0 Å². The lowest BCUT2D eigenvalue weighted by molar-refractivity contribution is -0.120. The Morgan fingerprint density at radius 3 is 2.32 bits per heavy atom. The summed E-state index contributed by atoms with van der Waals surface area (Å²) < 4.78 is 26.8. The first kappa shape index (κ1) is 18.1. The van der Waals surface area contributed by atoms with E-state index in [0.717, 1.165) is 22.6 Å². The number of rotatable bonds is 4. The summed E-state index contributed by atoms with van der Waals surface area (Å²) in [4.78, 5) is 27.9. The van der Waals surface area contributed by atoms with Crippen LogP contribution in [-0.2, 0) is 9.59 Å². The van der Waals surface area contributed by atoms with Crippen LogP contribution in [0.1, 0.15) is 10.4 Å². The van der Waals surface area contributed by atoms with E-state index in [1.54, 1.807) is 29.6 Å². The number of carbonyl (C=O) groups excluding carboxylic acids is 2. The summed E-state index contributed by atoms with van der Waals surface area (Å²) in [7, 11) is 0. The Hall–Kier alpha value is -3.32. The molecule has 1 aromatic heterocycles. The van der Waals surface area contributed by atoms with Crippen LogP contribution in [0.2, 0.25) is 0 Å². The summed E-state index contributed by atoms with van der Waals surface area (Å²) in [6, 6.07) is 13.7. The maximum absolute atomic E-state index is 13.6. The molecule has 3 aromatic rings. The van der Waals surface area contributed by atoms with Crippen LogP contribution in [0.4, 0.5) is 20.2 Å².